The molecule has 14 heteroatoms. The summed E-state index contributed by atoms with van der Waals surface area (Å²) in [4.78, 5) is 55.4. The zero-order valence-electron chi connectivity index (χ0n) is 57.0. The number of esters is 2. The summed E-state index contributed by atoms with van der Waals surface area (Å²) in [6.45, 7) is 36.3. The number of methoxy groups -OCH3 is 2. The SMILES string of the molecule is COC(=O)[C@H](Cc1ccc(OC(C)(C)C)cc1)NC(=O)COc1c2cc(C(C)(C)C)cc1Cc1cc(C(C)(C)C)cc(c1O)Cc1cc(C(C)(C)C)cc(c1OCC(=O)N[C@@H](Cc1ccc(OC(C)(C)C)cc1)C(=O)OC)Cc1cc(C(C)(C)C)cc(c1O)C2. The fraction of sp³-hybridized carbons (Fsp3) is 0.474. The van der Waals surface area contributed by atoms with Crippen LogP contribution in [0.5, 0.6) is 34.5 Å². The van der Waals surface area contributed by atoms with Crippen LogP contribution >= 0.6 is 0 Å². The van der Waals surface area contributed by atoms with Crippen LogP contribution in [0.3, 0.4) is 0 Å². The van der Waals surface area contributed by atoms with Crippen molar-refractivity contribution < 1.29 is 57.8 Å². The molecular formula is C76H98N2O12. The number of ether oxygens (including phenoxy) is 6. The summed E-state index contributed by atoms with van der Waals surface area (Å²) in [7, 11) is 2.57. The van der Waals surface area contributed by atoms with E-state index in [1.54, 1.807) is 0 Å². The molecule has 0 radical (unpaired) electrons. The number of nitrogens with one attached hydrogen (secondary N) is 2. The van der Waals surface area contributed by atoms with Gasteiger partial charge < -0.3 is 49.3 Å². The number of benzene rings is 6. The van der Waals surface area contributed by atoms with Crippen LogP contribution < -0.4 is 29.6 Å². The topological polar surface area (TPSA) is 188 Å². The van der Waals surface area contributed by atoms with Crippen LogP contribution in [0.15, 0.2) is 97.1 Å². The van der Waals surface area contributed by atoms with E-state index in [1.165, 1.54) is 14.2 Å². The van der Waals surface area contributed by atoms with Gasteiger partial charge >= 0.3 is 11.9 Å². The third kappa shape index (κ3) is 18.6. The predicted molar refractivity (Wildman–Crippen MR) is 355 cm³/mol. The molecule has 6 aromatic rings. The molecule has 0 saturated carbocycles. The van der Waals surface area contributed by atoms with Gasteiger partial charge in [-0.15, -0.1) is 0 Å². The van der Waals surface area contributed by atoms with E-state index in [4.69, 9.17) is 28.4 Å². The lowest BCUT2D eigenvalue weighted by Crippen LogP contribution is -2.45. The van der Waals surface area contributed by atoms with Gasteiger partial charge in [0.2, 0.25) is 0 Å². The third-order valence-electron chi connectivity index (χ3n) is 15.9. The van der Waals surface area contributed by atoms with Crippen molar-refractivity contribution in [3.8, 4) is 34.5 Å². The number of phenolic OH excluding ortho intramolecular Hbond substituents is 2. The fourth-order valence-electron chi connectivity index (χ4n) is 11.0. The molecule has 0 aromatic heterocycles. The molecule has 1 aliphatic carbocycles. The quantitative estimate of drug-likeness (QED) is 0.0672. The summed E-state index contributed by atoms with van der Waals surface area (Å²) in [5.41, 5.74) is 8.28. The lowest BCUT2D eigenvalue weighted by molar-refractivity contribution is -0.145. The maximum Gasteiger partial charge on any atom is 0.328 e. The largest absolute Gasteiger partial charge is 0.507 e. The molecule has 0 spiro atoms. The van der Waals surface area contributed by atoms with E-state index in [1.807, 2.05) is 114 Å². The average Bonchev–Trinajstić information content (AvgIpc) is 0.794. The highest BCUT2D eigenvalue weighted by atomic mass is 16.5. The highest BCUT2D eigenvalue weighted by Gasteiger charge is 2.31. The summed E-state index contributed by atoms with van der Waals surface area (Å²) in [6, 6.07) is 29.1. The second-order valence-electron chi connectivity index (χ2n) is 30.2. The average molecular weight is 1230 g/mol. The van der Waals surface area contributed by atoms with Crippen molar-refractivity contribution in [2.75, 3.05) is 27.4 Å². The van der Waals surface area contributed by atoms with E-state index in [9.17, 15) is 29.4 Å². The van der Waals surface area contributed by atoms with E-state index in [0.717, 1.165) is 33.4 Å². The van der Waals surface area contributed by atoms with Crippen LogP contribution in [0.2, 0.25) is 0 Å². The van der Waals surface area contributed by atoms with E-state index in [-0.39, 0.29) is 60.9 Å². The molecular weight excluding hydrogens is 1130 g/mol. The number of rotatable bonds is 16. The predicted octanol–water partition coefficient (Wildman–Crippen LogP) is 13.9. The van der Waals surface area contributed by atoms with Gasteiger partial charge in [0.25, 0.3) is 11.8 Å². The Balaban J connectivity index is 1.36. The van der Waals surface area contributed by atoms with Crippen LogP contribution in [0.25, 0.3) is 0 Å². The minimum absolute atomic E-state index is 0.0587. The summed E-state index contributed by atoms with van der Waals surface area (Å²) in [5, 5.41) is 31.6. The molecule has 14 nitrogen and oxygen atoms in total. The van der Waals surface area contributed by atoms with Gasteiger partial charge in [0.05, 0.1) is 14.2 Å². The molecule has 0 unspecified atom stereocenters. The van der Waals surface area contributed by atoms with Gasteiger partial charge in [-0.1, -0.05) is 156 Å². The van der Waals surface area contributed by atoms with Crippen molar-refractivity contribution in [3.05, 3.63) is 175 Å². The van der Waals surface area contributed by atoms with Gasteiger partial charge in [-0.05, 0) is 165 Å². The number of aromatic hydroxyl groups is 2. The third-order valence-corrected chi connectivity index (χ3v) is 15.9. The molecule has 1 aliphatic rings. The normalized spacial score (nSPS) is 13.7. The van der Waals surface area contributed by atoms with Gasteiger partial charge in [0.1, 0.15) is 57.8 Å². The molecule has 2 amide bonds. The van der Waals surface area contributed by atoms with Crippen LogP contribution in [0.1, 0.15) is 203 Å². The minimum atomic E-state index is -1.04. The number of phenols is 2. The number of amides is 2. The van der Waals surface area contributed by atoms with Crippen LogP contribution in [-0.2, 0) is 88.8 Å². The smallest absolute Gasteiger partial charge is 0.328 e. The van der Waals surface area contributed by atoms with E-state index in [0.29, 0.717) is 67.5 Å². The Morgan fingerprint density at radius 3 is 0.867 bits per heavy atom. The highest BCUT2D eigenvalue weighted by Crippen LogP contribution is 2.44. The molecule has 6 aromatic carbocycles. The molecule has 0 aliphatic heterocycles. The highest BCUT2D eigenvalue weighted by molar-refractivity contribution is 5.86. The van der Waals surface area contributed by atoms with Gasteiger partial charge in [0, 0.05) is 38.5 Å². The van der Waals surface area contributed by atoms with Crippen LogP contribution in [0, 0.1) is 0 Å². The Kier molecular flexibility index (Phi) is 21.0. The molecule has 4 N–H and O–H groups in total. The minimum Gasteiger partial charge on any atom is -0.507 e. The fourth-order valence-corrected chi connectivity index (χ4v) is 11.0. The summed E-state index contributed by atoms with van der Waals surface area (Å²) in [6.07, 6.45) is 0.973. The number of hydrogen-bond acceptors (Lipinski definition) is 12. The van der Waals surface area contributed by atoms with Gasteiger partial charge in [-0.3, -0.25) is 9.59 Å². The Bertz CT molecular complexity index is 3240. The maximum absolute atomic E-state index is 14.3. The zero-order valence-corrected chi connectivity index (χ0v) is 57.0. The Morgan fingerprint density at radius 2 is 0.644 bits per heavy atom. The van der Waals surface area contributed by atoms with Crippen molar-refractivity contribution in [1.82, 2.24) is 10.6 Å². The molecule has 90 heavy (non-hydrogen) atoms. The summed E-state index contributed by atoms with van der Waals surface area (Å²) < 4.78 is 36.0. The summed E-state index contributed by atoms with van der Waals surface area (Å²) in [5.74, 6) is -0.0677. The second kappa shape index (κ2) is 27.2. The van der Waals surface area contributed by atoms with Crippen LogP contribution in [0.4, 0.5) is 0 Å². The number of carbonyl (C=O) groups is 4. The van der Waals surface area contributed by atoms with Gasteiger partial charge in [-0.2, -0.15) is 0 Å². The van der Waals surface area contributed by atoms with Crippen molar-refractivity contribution >= 4 is 23.8 Å². The van der Waals surface area contributed by atoms with Crippen LogP contribution in [-0.4, -0.2) is 84.7 Å². The first kappa shape index (κ1) is 69.5. The molecule has 0 fully saturated rings. The van der Waals surface area contributed by atoms with Crippen molar-refractivity contribution in [1.29, 1.82) is 0 Å². The monoisotopic (exact) mass is 1230 g/mol. The number of hydrogen-bond donors (Lipinski definition) is 4. The summed E-state index contributed by atoms with van der Waals surface area (Å²) >= 11 is 0. The zero-order chi connectivity index (χ0) is 66.6. The molecule has 7 rings (SSSR count). The van der Waals surface area contributed by atoms with Crippen molar-refractivity contribution in [2.45, 2.75) is 208 Å². The van der Waals surface area contributed by atoms with E-state index in [2.05, 4.69) is 118 Å². The lowest BCUT2D eigenvalue weighted by atomic mass is 9.79. The number of fused-ring (bicyclic) bond motifs is 8. The first-order chi connectivity index (χ1) is 41.7. The van der Waals surface area contributed by atoms with E-state index >= 15 is 0 Å². The first-order valence-corrected chi connectivity index (χ1v) is 31.3. The standard InChI is InChI=1S/C76H98N2O12/c1-71(2,3)55-35-47-31-51-39-57(73(7,8)9)41-53(67(51)87-43-63(79)77-61(69(83)85-19)29-45-21-25-59(26-22-45)89-75(13,14)15)33-49-37-56(72(4,5)6)38-50(66(49)82)34-54-42-58(74(10,11)12)40-52(32-48(36-55)65(47)81)68(54)88-44-64(80)78-62(70(84)86-20)30-46-23-27-60(28-24-46)90-76(16,17)18/h21-28,35-42,61-62,81-82H,29-34,43-44H2,1-20H3,(H,77,79)(H,78,80)/t61-,62-/m0/s1. The molecule has 2 atom stereocenters. The van der Waals surface area contributed by atoms with Crippen molar-refractivity contribution in [2.24, 2.45) is 0 Å². The molecule has 0 saturated heterocycles. The molecule has 484 valence electrons. The van der Waals surface area contributed by atoms with E-state index < -0.39 is 71.1 Å². The molecule has 8 bridgehead atoms. The number of carbonyl (C=O) groups excluding carboxylic acids is 4. The second-order valence-corrected chi connectivity index (χ2v) is 30.2. The Hall–Kier alpha value is -8.00. The first-order valence-electron chi connectivity index (χ1n) is 31.3. The van der Waals surface area contributed by atoms with Crippen molar-refractivity contribution in [3.63, 3.8) is 0 Å². The van der Waals surface area contributed by atoms with Gasteiger partial charge in [-0.25, -0.2) is 9.59 Å². The lowest BCUT2D eigenvalue weighted by Gasteiger charge is -2.28. The Labute approximate surface area is 534 Å². The Morgan fingerprint density at radius 1 is 0.400 bits per heavy atom. The molecule has 0 heterocycles. The maximum atomic E-state index is 14.3. The van der Waals surface area contributed by atoms with Gasteiger partial charge in [0.15, 0.2) is 13.2 Å².